The van der Waals surface area contributed by atoms with Gasteiger partial charge in [0.05, 0.1) is 49.2 Å². The number of benzene rings is 2. The van der Waals surface area contributed by atoms with Gasteiger partial charge < -0.3 is 45.3 Å². The Morgan fingerprint density at radius 2 is 1.53 bits per heavy atom. The van der Waals surface area contributed by atoms with Crippen molar-refractivity contribution in [3.05, 3.63) is 71.9 Å². The Labute approximate surface area is 414 Å². The van der Waals surface area contributed by atoms with Crippen molar-refractivity contribution in [1.82, 2.24) is 35.6 Å². The quantitative estimate of drug-likeness (QED) is 0.0605. The first kappa shape index (κ1) is 56.9. The predicted octanol–water partition coefficient (Wildman–Crippen LogP) is 5.08. The Kier molecular flexibility index (Phi) is 22.0. The number of ether oxygens (including phenoxy) is 2. The third-order valence-electron chi connectivity index (χ3n) is 14.0. The van der Waals surface area contributed by atoms with E-state index in [2.05, 4.69) is 20.9 Å². The largest absolute Gasteiger partial charge is 0.481 e. The Bertz CT molecular complexity index is 2220. The van der Waals surface area contributed by atoms with Crippen LogP contribution < -0.4 is 16.0 Å². The maximum atomic E-state index is 14.5. The van der Waals surface area contributed by atoms with Crippen molar-refractivity contribution in [2.75, 3.05) is 47.9 Å². The van der Waals surface area contributed by atoms with Crippen LogP contribution >= 0.6 is 0 Å². The summed E-state index contributed by atoms with van der Waals surface area (Å²) < 4.78 is 12.1. The van der Waals surface area contributed by atoms with E-state index in [1.807, 2.05) is 70.7 Å². The van der Waals surface area contributed by atoms with Gasteiger partial charge in [0.25, 0.3) is 0 Å². The fraction of sp³-hybridized carbons (Fsp3) is 0.604. The lowest BCUT2D eigenvalue weighted by Gasteiger charge is -2.41. The highest BCUT2D eigenvalue weighted by Crippen LogP contribution is 2.30. The van der Waals surface area contributed by atoms with Crippen molar-refractivity contribution in [2.45, 2.75) is 136 Å². The molecule has 5 amide bonds. The first-order valence-corrected chi connectivity index (χ1v) is 24.8. The predicted molar refractivity (Wildman–Crippen MR) is 269 cm³/mol. The molecule has 4 rings (SSSR count). The number of likely N-dealkylation sites (N-methyl/N-ethyl adjacent to an activating group) is 2. The number of aromatic nitrogens is 1. The number of H-pyrrole nitrogens is 1. The summed E-state index contributed by atoms with van der Waals surface area (Å²) in [6.07, 6.45) is 2.65. The molecule has 1 saturated heterocycles. The van der Waals surface area contributed by atoms with Gasteiger partial charge in [0.15, 0.2) is 5.78 Å². The Hall–Kier alpha value is -5.65. The Balaban J connectivity index is 1.51. The van der Waals surface area contributed by atoms with E-state index >= 15 is 0 Å². The zero-order valence-corrected chi connectivity index (χ0v) is 43.2. The number of ketones is 1. The van der Waals surface area contributed by atoms with E-state index in [4.69, 9.17) is 14.6 Å². The zero-order chi connectivity index (χ0) is 51.8. The standard InChI is InChI=1S/C53H79N7O10/c1-12-34(6)48(59(9)53(68)46(32(2)3)57-52(67)47(33(4)5)58(8)26-19-25-45(63)64)43(69-10)29-44(62)60-27-18-24-41(60)49(70-11)35(7)50(65)56-40(28-37-30-54-39-23-17-16-22-38(37)39)51(66)55-31-42(61)36-20-14-13-15-21-36/h13-17,20-23,30,32-35,40-41,43,46-49,54H,12,18-19,24-29,31H2,1-11H3,(H,55,66)(H,56,65)(H,57,67)(H,63,64)/t34-,35+,40-,41-,43+,46-,47-,48-,49+/m0/s1. The lowest BCUT2D eigenvalue weighted by atomic mass is 9.89. The fourth-order valence-electron chi connectivity index (χ4n) is 9.96. The summed E-state index contributed by atoms with van der Waals surface area (Å²) in [5.74, 6) is -4.38. The van der Waals surface area contributed by atoms with E-state index in [-0.39, 0.29) is 67.1 Å². The highest BCUT2D eigenvalue weighted by Gasteiger charge is 2.44. The van der Waals surface area contributed by atoms with E-state index in [1.54, 1.807) is 67.3 Å². The Morgan fingerprint density at radius 3 is 2.14 bits per heavy atom. The lowest BCUT2D eigenvalue weighted by molar-refractivity contribution is -0.148. The van der Waals surface area contributed by atoms with Crippen LogP contribution in [0.3, 0.4) is 0 Å². The van der Waals surface area contributed by atoms with Crippen LogP contribution in [0.5, 0.6) is 0 Å². The normalized spacial score (nSPS) is 17.3. The number of nitrogens with one attached hydrogen (secondary N) is 4. The average Bonchev–Trinajstić information content (AvgIpc) is 3.99. The molecule has 0 radical (unpaired) electrons. The monoisotopic (exact) mass is 974 g/mol. The number of carboxylic acids is 1. The topological polar surface area (TPSA) is 220 Å². The number of carbonyl (C=O) groups is 7. The van der Waals surface area contributed by atoms with Crippen LogP contribution in [0.25, 0.3) is 10.9 Å². The third-order valence-corrected chi connectivity index (χ3v) is 14.0. The number of nitrogens with zero attached hydrogens (tertiary/aromatic N) is 3. The van der Waals surface area contributed by atoms with Crippen LogP contribution in [0.15, 0.2) is 60.8 Å². The molecule has 1 aliphatic rings. The smallest absolute Gasteiger partial charge is 0.303 e. The molecule has 70 heavy (non-hydrogen) atoms. The first-order chi connectivity index (χ1) is 33.2. The number of aromatic amines is 1. The molecule has 9 atom stereocenters. The number of hydrogen-bond acceptors (Lipinski definition) is 10. The summed E-state index contributed by atoms with van der Waals surface area (Å²) in [5.41, 5.74) is 2.14. The SMILES string of the molecule is CC[C@H](C)[C@@H]([C@@H](CC(=O)N1CCC[C@H]1[C@H](OC)[C@@H](C)C(=O)N[C@@H](Cc1c[nH]c2ccccc12)C(=O)NCC(=O)c1ccccc1)OC)N(C)C(=O)[C@@H](NC(=O)[C@H](C(C)C)N(C)CCCC(=O)O)C(C)C. The van der Waals surface area contributed by atoms with Gasteiger partial charge in [-0.3, -0.25) is 38.5 Å². The molecule has 17 heteroatoms. The minimum Gasteiger partial charge on any atom is -0.481 e. The number of likely N-dealkylation sites (tertiary alicyclic amines) is 1. The maximum absolute atomic E-state index is 14.5. The molecule has 0 unspecified atom stereocenters. The molecule has 1 aliphatic heterocycles. The molecule has 0 spiro atoms. The molecule has 2 aromatic carbocycles. The van der Waals surface area contributed by atoms with E-state index in [0.717, 1.165) is 16.5 Å². The maximum Gasteiger partial charge on any atom is 0.303 e. The molecule has 1 fully saturated rings. The summed E-state index contributed by atoms with van der Waals surface area (Å²) in [4.78, 5) is 104. The molecular formula is C53H79N7O10. The van der Waals surface area contributed by atoms with E-state index in [9.17, 15) is 33.6 Å². The molecule has 386 valence electrons. The van der Waals surface area contributed by atoms with Crippen LogP contribution in [0.1, 0.15) is 103 Å². The van der Waals surface area contributed by atoms with Gasteiger partial charge in [-0.15, -0.1) is 0 Å². The number of carboxylic acid groups (broad SMARTS) is 1. The van der Waals surface area contributed by atoms with Crippen molar-refractivity contribution < 1.29 is 48.1 Å². The molecule has 5 N–H and O–H groups in total. The van der Waals surface area contributed by atoms with Gasteiger partial charge in [-0.1, -0.05) is 103 Å². The van der Waals surface area contributed by atoms with Gasteiger partial charge in [-0.2, -0.15) is 0 Å². The fourth-order valence-corrected chi connectivity index (χ4v) is 9.96. The van der Waals surface area contributed by atoms with Gasteiger partial charge in [0.1, 0.15) is 12.1 Å². The summed E-state index contributed by atoms with van der Waals surface area (Å²) in [7, 11) is 6.49. The number of carbonyl (C=O) groups excluding carboxylic acids is 6. The number of methoxy groups -OCH3 is 2. The van der Waals surface area contributed by atoms with E-state index in [1.165, 1.54) is 14.2 Å². The van der Waals surface area contributed by atoms with Crippen LogP contribution in [-0.4, -0.2) is 156 Å². The van der Waals surface area contributed by atoms with Crippen LogP contribution in [0.2, 0.25) is 0 Å². The van der Waals surface area contributed by atoms with Crippen molar-refractivity contribution in [3.8, 4) is 0 Å². The van der Waals surface area contributed by atoms with E-state index in [0.29, 0.717) is 44.3 Å². The Morgan fingerprint density at radius 1 is 0.857 bits per heavy atom. The van der Waals surface area contributed by atoms with Crippen LogP contribution in [0.4, 0.5) is 0 Å². The number of hydrogen-bond donors (Lipinski definition) is 5. The number of fused-ring (bicyclic) bond motifs is 1. The molecular weight excluding hydrogens is 895 g/mol. The van der Waals surface area contributed by atoms with Gasteiger partial charge >= 0.3 is 5.97 Å². The van der Waals surface area contributed by atoms with Gasteiger partial charge in [0.2, 0.25) is 29.5 Å². The second kappa shape index (κ2) is 27.1. The molecule has 0 aliphatic carbocycles. The summed E-state index contributed by atoms with van der Waals surface area (Å²) in [5, 5.41) is 18.8. The first-order valence-electron chi connectivity index (χ1n) is 24.8. The van der Waals surface area contributed by atoms with E-state index < -0.39 is 66.1 Å². The zero-order valence-electron chi connectivity index (χ0n) is 43.2. The van der Waals surface area contributed by atoms with Gasteiger partial charge in [-0.05, 0) is 62.2 Å². The van der Waals surface area contributed by atoms with Gasteiger partial charge in [0, 0.05) is 63.3 Å². The minimum atomic E-state index is -1.05. The molecule has 3 aromatic rings. The lowest BCUT2D eigenvalue weighted by Crippen LogP contribution is -2.60. The summed E-state index contributed by atoms with van der Waals surface area (Å²) >= 11 is 0. The van der Waals surface area contributed by atoms with Crippen LogP contribution in [0, 0.1) is 23.7 Å². The summed E-state index contributed by atoms with van der Waals surface area (Å²) in [6.45, 7) is 13.8. The van der Waals surface area contributed by atoms with Crippen molar-refractivity contribution >= 4 is 52.2 Å². The van der Waals surface area contributed by atoms with Crippen LogP contribution in [-0.2, 0) is 44.7 Å². The molecule has 0 bridgehead atoms. The average molecular weight is 974 g/mol. The van der Waals surface area contributed by atoms with Crippen molar-refractivity contribution in [2.24, 2.45) is 23.7 Å². The molecule has 1 aromatic heterocycles. The number of para-hydroxylation sites is 1. The number of rotatable bonds is 28. The molecule has 2 heterocycles. The second-order valence-corrected chi connectivity index (χ2v) is 19.6. The highest BCUT2D eigenvalue weighted by atomic mass is 16.5. The number of amides is 5. The van der Waals surface area contributed by atoms with Gasteiger partial charge in [-0.25, -0.2) is 0 Å². The number of aliphatic carboxylic acids is 1. The molecule has 0 saturated carbocycles. The van der Waals surface area contributed by atoms with Crippen molar-refractivity contribution in [3.63, 3.8) is 0 Å². The third kappa shape index (κ3) is 14.9. The van der Waals surface area contributed by atoms with Crippen molar-refractivity contribution in [1.29, 1.82) is 0 Å². The minimum absolute atomic E-state index is 0.0200. The second-order valence-electron chi connectivity index (χ2n) is 19.6. The number of Topliss-reactive ketones (excluding diaryl/α,β-unsaturated/α-hetero) is 1. The summed E-state index contributed by atoms with van der Waals surface area (Å²) in [6, 6.07) is 12.7. The highest BCUT2D eigenvalue weighted by molar-refractivity contribution is 6.00. The molecule has 17 nitrogen and oxygen atoms in total.